The zero-order valence-electron chi connectivity index (χ0n) is 34.2. The molecule has 0 aliphatic heterocycles. The van der Waals surface area contributed by atoms with Crippen LogP contribution in [-0.4, -0.2) is 19.5 Å². The molecule has 0 radical (unpaired) electrons. The Balaban J connectivity index is 1.04. The van der Waals surface area contributed by atoms with Crippen LogP contribution in [-0.2, 0) is 0 Å². The van der Waals surface area contributed by atoms with E-state index in [9.17, 15) is 0 Å². The van der Waals surface area contributed by atoms with Gasteiger partial charge in [0, 0.05) is 33.2 Å². The lowest BCUT2D eigenvalue weighted by atomic mass is 9.93. The first-order valence-electron chi connectivity index (χ1n) is 21.4. The normalized spacial score (nSPS) is 11.5. The predicted molar refractivity (Wildman–Crippen MR) is 262 cm³/mol. The van der Waals surface area contributed by atoms with Crippen molar-refractivity contribution >= 4 is 43.4 Å². The summed E-state index contributed by atoms with van der Waals surface area (Å²) in [5.41, 5.74) is 13.3. The number of rotatable bonds is 7. The highest BCUT2D eigenvalue weighted by molar-refractivity contribution is 6.12. The van der Waals surface area contributed by atoms with Crippen LogP contribution in [0.15, 0.2) is 231 Å². The van der Waals surface area contributed by atoms with Gasteiger partial charge in [-0.2, -0.15) is 0 Å². The molecule has 0 amide bonds. The summed E-state index contributed by atoms with van der Waals surface area (Å²) in [7, 11) is 0. The summed E-state index contributed by atoms with van der Waals surface area (Å²) in [5, 5.41) is 6.89. The monoisotopic (exact) mass is 802 g/mol. The van der Waals surface area contributed by atoms with Crippen LogP contribution in [0.25, 0.3) is 117 Å². The number of hydrogen-bond donors (Lipinski definition) is 0. The van der Waals surface area contributed by atoms with Gasteiger partial charge in [0.2, 0.25) is 0 Å². The van der Waals surface area contributed by atoms with Crippen LogP contribution in [0.2, 0.25) is 0 Å². The van der Waals surface area contributed by atoms with Gasteiger partial charge in [0.15, 0.2) is 17.5 Å². The van der Waals surface area contributed by atoms with E-state index in [1.54, 1.807) is 0 Å². The largest absolute Gasteiger partial charge is 0.309 e. The van der Waals surface area contributed by atoms with Gasteiger partial charge in [-0.1, -0.05) is 188 Å². The molecule has 0 fully saturated rings. The highest BCUT2D eigenvalue weighted by atomic mass is 15.0. The van der Waals surface area contributed by atoms with Crippen molar-refractivity contribution in [1.82, 2.24) is 19.5 Å². The van der Waals surface area contributed by atoms with Crippen molar-refractivity contribution in [3.63, 3.8) is 0 Å². The average molecular weight is 803 g/mol. The maximum absolute atomic E-state index is 5.35. The molecule has 0 bridgehead atoms. The molecule has 0 spiro atoms. The van der Waals surface area contributed by atoms with Gasteiger partial charge in [0.1, 0.15) is 0 Å². The first kappa shape index (κ1) is 36.4. The number of hydrogen-bond acceptors (Lipinski definition) is 3. The Morgan fingerprint density at radius 2 is 0.635 bits per heavy atom. The average Bonchev–Trinajstić information content (AvgIpc) is 3.70. The minimum absolute atomic E-state index is 0.624. The summed E-state index contributed by atoms with van der Waals surface area (Å²) < 4.78 is 2.36. The second-order valence-corrected chi connectivity index (χ2v) is 15.9. The van der Waals surface area contributed by atoms with Crippen molar-refractivity contribution in [3.8, 4) is 73.2 Å². The Hall–Kier alpha value is -8.47. The van der Waals surface area contributed by atoms with E-state index in [1.165, 1.54) is 38.5 Å². The molecule has 0 aliphatic rings. The number of benzene rings is 10. The summed E-state index contributed by atoms with van der Waals surface area (Å²) >= 11 is 0. The fraction of sp³-hybridized carbons (Fsp3) is 0. The Morgan fingerprint density at radius 3 is 1.24 bits per heavy atom. The molecule has 0 unspecified atom stereocenters. The highest BCUT2D eigenvalue weighted by Gasteiger charge is 2.20. The molecular formula is C59H38N4. The molecule has 4 nitrogen and oxygen atoms in total. The van der Waals surface area contributed by atoms with Crippen LogP contribution >= 0.6 is 0 Å². The molecule has 63 heavy (non-hydrogen) atoms. The summed E-state index contributed by atoms with van der Waals surface area (Å²) in [6, 6.07) is 81.7. The Kier molecular flexibility index (Phi) is 8.79. The summed E-state index contributed by atoms with van der Waals surface area (Å²) in [4.78, 5) is 15.9. The molecule has 0 atom stereocenters. The minimum Gasteiger partial charge on any atom is -0.309 e. The number of fused-ring (bicyclic) bond motifs is 5. The Labute approximate surface area is 365 Å². The quantitative estimate of drug-likeness (QED) is 0.161. The second-order valence-electron chi connectivity index (χ2n) is 15.9. The van der Waals surface area contributed by atoms with Crippen LogP contribution in [0.3, 0.4) is 0 Å². The first-order valence-corrected chi connectivity index (χ1v) is 21.4. The third-order valence-corrected chi connectivity index (χ3v) is 12.3. The van der Waals surface area contributed by atoms with E-state index in [1.807, 2.05) is 6.07 Å². The van der Waals surface area contributed by atoms with Crippen LogP contribution in [0, 0.1) is 0 Å². The summed E-state index contributed by atoms with van der Waals surface area (Å²) in [6.45, 7) is 0. The minimum atomic E-state index is 0.624. The van der Waals surface area contributed by atoms with E-state index in [4.69, 9.17) is 15.0 Å². The van der Waals surface area contributed by atoms with E-state index in [0.717, 1.165) is 60.6 Å². The molecule has 0 N–H and O–H groups in total. The molecule has 12 aromatic rings. The molecule has 2 aromatic heterocycles. The van der Waals surface area contributed by atoms with Gasteiger partial charge >= 0.3 is 0 Å². The van der Waals surface area contributed by atoms with Crippen LogP contribution in [0.5, 0.6) is 0 Å². The molecule has 4 heteroatoms. The van der Waals surface area contributed by atoms with E-state index in [-0.39, 0.29) is 0 Å². The second kappa shape index (κ2) is 15.2. The zero-order chi connectivity index (χ0) is 41.7. The predicted octanol–water partition coefficient (Wildman–Crippen LogP) is 15.3. The van der Waals surface area contributed by atoms with Gasteiger partial charge < -0.3 is 4.57 Å². The van der Waals surface area contributed by atoms with Gasteiger partial charge in [0.05, 0.1) is 11.0 Å². The topological polar surface area (TPSA) is 43.6 Å². The lowest BCUT2D eigenvalue weighted by molar-refractivity contribution is 1.08. The van der Waals surface area contributed by atoms with Crippen molar-refractivity contribution in [2.45, 2.75) is 0 Å². The smallest absolute Gasteiger partial charge is 0.164 e. The molecule has 0 saturated carbocycles. The molecule has 12 rings (SSSR count). The number of para-hydroxylation sites is 2. The summed E-state index contributed by atoms with van der Waals surface area (Å²) in [6.07, 6.45) is 0. The standard InChI is InChI=1S/C59H38N4/c1-4-16-39(17-5-1)40-28-30-42(31-29-40)57-60-58(52-35-33-45(41-18-6-2-7-19-41)47-22-10-12-24-49(47)52)62-59(61-57)53-36-34-46(48-23-11-13-25-50(48)53)43-32-37-56-54(38-43)51-26-14-15-27-55(51)63(56)44-20-8-3-9-21-44/h1-38H. The molecule has 2 heterocycles. The van der Waals surface area contributed by atoms with E-state index in [0.29, 0.717) is 17.5 Å². The van der Waals surface area contributed by atoms with E-state index >= 15 is 0 Å². The number of nitrogens with zero attached hydrogens (tertiary/aromatic N) is 4. The molecule has 10 aromatic carbocycles. The van der Waals surface area contributed by atoms with Gasteiger partial charge in [-0.25, -0.2) is 15.0 Å². The van der Waals surface area contributed by atoms with E-state index in [2.05, 4.69) is 229 Å². The van der Waals surface area contributed by atoms with Crippen LogP contribution in [0.4, 0.5) is 0 Å². The van der Waals surface area contributed by atoms with Crippen molar-refractivity contribution in [2.75, 3.05) is 0 Å². The van der Waals surface area contributed by atoms with Gasteiger partial charge in [-0.05, 0) is 97.4 Å². The third-order valence-electron chi connectivity index (χ3n) is 12.3. The third kappa shape index (κ3) is 6.36. The fourth-order valence-corrected chi connectivity index (χ4v) is 9.29. The van der Waals surface area contributed by atoms with Gasteiger partial charge in [-0.3, -0.25) is 0 Å². The zero-order valence-corrected chi connectivity index (χ0v) is 34.2. The van der Waals surface area contributed by atoms with Gasteiger partial charge in [-0.15, -0.1) is 0 Å². The maximum atomic E-state index is 5.35. The molecule has 0 aliphatic carbocycles. The molecular weight excluding hydrogens is 765 g/mol. The SMILES string of the molecule is c1ccc(-c2ccc(-c3nc(-c4ccc(-c5ccccc5)c5ccccc45)nc(-c4ccc(-c5ccc6c(c5)c5ccccc5n6-c5ccccc5)c5ccccc45)n3)cc2)cc1. The van der Waals surface area contributed by atoms with Crippen molar-refractivity contribution < 1.29 is 0 Å². The van der Waals surface area contributed by atoms with Crippen LogP contribution < -0.4 is 0 Å². The lowest BCUT2D eigenvalue weighted by Gasteiger charge is -2.15. The first-order chi connectivity index (χ1) is 31.2. The van der Waals surface area contributed by atoms with E-state index < -0.39 is 0 Å². The maximum Gasteiger partial charge on any atom is 0.164 e. The van der Waals surface area contributed by atoms with Crippen molar-refractivity contribution in [2.24, 2.45) is 0 Å². The fourth-order valence-electron chi connectivity index (χ4n) is 9.29. The lowest BCUT2D eigenvalue weighted by Crippen LogP contribution is -2.01. The number of aromatic nitrogens is 4. The molecule has 294 valence electrons. The highest BCUT2D eigenvalue weighted by Crippen LogP contribution is 2.41. The Bertz CT molecular complexity index is 3650. The van der Waals surface area contributed by atoms with Crippen molar-refractivity contribution in [1.29, 1.82) is 0 Å². The van der Waals surface area contributed by atoms with Crippen molar-refractivity contribution in [3.05, 3.63) is 231 Å². The van der Waals surface area contributed by atoms with Crippen LogP contribution in [0.1, 0.15) is 0 Å². The molecule has 0 saturated heterocycles. The summed E-state index contributed by atoms with van der Waals surface area (Å²) in [5.74, 6) is 1.88. The Morgan fingerprint density at radius 1 is 0.238 bits per heavy atom. The van der Waals surface area contributed by atoms with Gasteiger partial charge in [0.25, 0.3) is 0 Å².